The van der Waals surface area contributed by atoms with Gasteiger partial charge >= 0.3 is 0 Å². The van der Waals surface area contributed by atoms with Crippen LogP contribution in [0.5, 0.6) is 0 Å². The van der Waals surface area contributed by atoms with Gasteiger partial charge in [0.25, 0.3) is 11.8 Å². The first-order chi connectivity index (χ1) is 11.0. The molecule has 1 saturated carbocycles. The minimum absolute atomic E-state index is 0.0397. The van der Waals surface area contributed by atoms with Crippen molar-refractivity contribution >= 4 is 17.7 Å². The summed E-state index contributed by atoms with van der Waals surface area (Å²) in [5.41, 5.74) is 5.33. The first-order valence-corrected chi connectivity index (χ1v) is 8.32. The first-order valence-electron chi connectivity index (χ1n) is 8.32. The molecule has 2 N–H and O–H groups in total. The van der Waals surface area contributed by atoms with Gasteiger partial charge < -0.3 is 5.73 Å². The lowest BCUT2D eigenvalue weighted by Crippen LogP contribution is -2.61. The topological polar surface area (TPSA) is 80.5 Å². The molecule has 5 nitrogen and oxygen atoms in total. The number of fused-ring (bicyclic) bond motifs is 1. The summed E-state index contributed by atoms with van der Waals surface area (Å²) in [6, 6.07) is 6.74. The molecule has 0 spiro atoms. The fourth-order valence-electron chi connectivity index (χ4n) is 4.18. The number of carbonyl (C=O) groups is 3. The van der Waals surface area contributed by atoms with E-state index >= 15 is 0 Å². The molecule has 0 radical (unpaired) electrons. The first kappa shape index (κ1) is 15.7. The SMILES string of the molecule is CCCCC1CCCC1(C(N)=O)N1C(=O)c2ccccc2C1=O. The number of amides is 3. The van der Waals surface area contributed by atoms with Crippen LogP contribution in [0.3, 0.4) is 0 Å². The van der Waals surface area contributed by atoms with Gasteiger partial charge in [-0.25, -0.2) is 0 Å². The zero-order chi connectivity index (χ0) is 16.6. The van der Waals surface area contributed by atoms with Crippen molar-refractivity contribution in [2.24, 2.45) is 11.7 Å². The minimum Gasteiger partial charge on any atom is -0.368 e. The lowest BCUT2D eigenvalue weighted by atomic mass is 9.81. The van der Waals surface area contributed by atoms with Crippen molar-refractivity contribution < 1.29 is 14.4 Å². The van der Waals surface area contributed by atoms with Gasteiger partial charge in [0, 0.05) is 0 Å². The predicted octanol–water partition coefficient (Wildman–Crippen LogP) is 2.50. The van der Waals surface area contributed by atoms with Gasteiger partial charge in [-0.3, -0.25) is 19.3 Å². The number of unbranched alkanes of at least 4 members (excludes halogenated alkanes) is 1. The second-order valence-corrected chi connectivity index (χ2v) is 6.51. The molecule has 1 fully saturated rings. The molecule has 1 heterocycles. The quantitative estimate of drug-likeness (QED) is 0.848. The Bertz CT molecular complexity index is 635. The van der Waals surface area contributed by atoms with Crippen LogP contribution in [0.1, 0.15) is 66.2 Å². The molecule has 0 aromatic heterocycles. The Hall–Kier alpha value is -2.17. The lowest BCUT2D eigenvalue weighted by Gasteiger charge is -2.39. The highest BCUT2D eigenvalue weighted by Gasteiger charge is 2.58. The van der Waals surface area contributed by atoms with Crippen LogP contribution >= 0.6 is 0 Å². The monoisotopic (exact) mass is 314 g/mol. The number of primary amides is 1. The van der Waals surface area contributed by atoms with E-state index in [-0.39, 0.29) is 17.7 Å². The van der Waals surface area contributed by atoms with Crippen LogP contribution in [0, 0.1) is 5.92 Å². The zero-order valence-electron chi connectivity index (χ0n) is 13.4. The van der Waals surface area contributed by atoms with Crippen LogP contribution in [-0.4, -0.2) is 28.2 Å². The van der Waals surface area contributed by atoms with Gasteiger partial charge in [-0.15, -0.1) is 0 Å². The Morgan fingerprint density at radius 3 is 2.39 bits per heavy atom. The van der Waals surface area contributed by atoms with Gasteiger partial charge in [0.05, 0.1) is 11.1 Å². The number of hydrogen-bond acceptors (Lipinski definition) is 3. The molecule has 0 bridgehead atoms. The largest absolute Gasteiger partial charge is 0.368 e. The molecule has 2 aliphatic rings. The molecule has 3 rings (SSSR count). The van der Waals surface area contributed by atoms with Gasteiger partial charge in [0.15, 0.2) is 0 Å². The van der Waals surface area contributed by atoms with E-state index in [1.165, 1.54) is 4.90 Å². The third kappa shape index (κ3) is 2.18. The Morgan fingerprint density at radius 2 is 1.87 bits per heavy atom. The summed E-state index contributed by atoms with van der Waals surface area (Å²) in [6.45, 7) is 2.09. The van der Waals surface area contributed by atoms with Crippen molar-refractivity contribution in [3.8, 4) is 0 Å². The van der Waals surface area contributed by atoms with Crippen molar-refractivity contribution in [1.82, 2.24) is 4.90 Å². The van der Waals surface area contributed by atoms with Crippen LogP contribution in [-0.2, 0) is 4.79 Å². The van der Waals surface area contributed by atoms with Crippen LogP contribution in [0.25, 0.3) is 0 Å². The summed E-state index contributed by atoms with van der Waals surface area (Å²) in [5, 5.41) is 0. The minimum atomic E-state index is -1.16. The molecule has 1 aliphatic carbocycles. The fraction of sp³-hybridized carbons (Fsp3) is 0.500. The van der Waals surface area contributed by atoms with Gasteiger partial charge in [0.2, 0.25) is 5.91 Å². The molecule has 2 unspecified atom stereocenters. The van der Waals surface area contributed by atoms with Crippen LogP contribution in [0.15, 0.2) is 24.3 Å². The average molecular weight is 314 g/mol. The summed E-state index contributed by atoms with van der Waals surface area (Å²) in [6.07, 6.45) is 4.90. The van der Waals surface area contributed by atoms with Crippen LogP contribution < -0.4 is 5.73 Å². The number of rotatable bonds is 5. The van der Waals surface area contributed by atoms with Gasteiger partial charge in [0.1, 0.15) is 5.54 Å². The van der Waals surface area contributed by atoms with E-state index in [9.17, 15) is 14.4 Å². The van der Waals surface area contributed by atoms with Crippen LogP contribution in [0.4, 0.5) is 0 Å². The summed E-state index contributed by atoms with van der Waals surface area (Å²) in [5.74, 6) is -1.35. The third-order valence-electron chi connectivity index (χ3n) is 5.31. The Balaban J connectivity index is 2.05. The number of nitrogens with two attached hydrogens (primary N) is 1. The Labute approximate surface area is 135 Å². The van der Waals surface area contributed by atoms with Crippen LogP contribution in [0.2, 0.25) is 0 Å². The molecule has 2 atom stereocenters. The molecule has 0 saturated heterocycles. The zero-order valence-corrected chi connectivity index (χ0v) is 13.4. The number of hydrogen-bond donors (Lipinski definition) is 1. The van der Waals surface area contributed by atoms with Gasteiger partial charge in [-0.2, -0.15) is 0 Å². The molecular weight excluding hydrogens is 292 g/mol. The predicted molar refractivity (Wildman–Crippen MR) is 85.7 cm³/mol. The normalized spacial score (nSPS) is 26.7. The highest BCUT2D eigenvalue weighted by Crippen LogP contribution is 2.46. The van der Waals surface area contributed by atoms with Crippen molar-refractivity contribution in [3.63, 3.8) is 0 Å². The summed E-state index contributed by atoms with van der Waals surface area (Å²) in [7, 11) is 0. The maximum atomic E-state index is 12.8. The second-order valence-electron chi connectivity index (χ2n) is 6.51. The molecule has 3 amide bonds. The Morgan fingerprint density at radius 1 is 1.26 bits per heavy atom. The van der Waals surface area contributed by atoms with Crippen molar-refractivity contribution in [3.05, 3.63) is 35.4 Å². The fourth-order valence-corrected chi connectivity index (χ4v) is 4.18. The number of imide groups is 1. The molecular formula is C18H22N2O3. The third-order valence-corrected chi connectivity index (χ3v) is 5.31. The van der Waals surface area contributed by atoms with Gasteiger partial charge in [-0.05, 0) is 37.3 Å². The molecule has 5 heteroatoms. The summed E-state index contributed by atoms with van der Waals surface area (Å²) < 4.78 is 0. The lowest BCUT2D eigenvalue weighted by molar-refractivity contribution is -0.129. The standard InChI is InChI=1S/C18H22N2O3/c1-2-3-7-12-8-6-11-18(12,17(19)23)20-15(21)13-9-4-5-10-14(13)16(20)22/h4-5,9-10,12H,2-3,6-8,11H2,1H3,(H2,19,23). The maximum absolute atomic E-state index is 12.8. The number of benzene rings is 1. The highest BCUT2D eigenvalue weighted by molar-refractivity contribution is 6.23. The molecule has 23 heavy (non-hydrogen) atoms. The molecule has 122 valence electrons. The molecule has 1 aromatic rings. The number of carbonyl (C=O) groups excluding carboxylic acids is 3. The average Bonchev–Trinajstić information content (AvgIpc) is 3.07. The van der Waals surface area contributed by atoms with E-state index in [0.29, 0.717) is 17.5 Å². The van der Waals surface area contributed by atoms with Gasteiger partial charge in [-0.1, -0.05) is 38.3 Å². The van der Waals surface area contributed by atoms with E-state index in [1.54, 1.807) is 24.3 Å². The van der Waals surface area contributed by atoms with Crippen molar-refractivity contribution in [2.75, 3.05) is 0 Å². The number of nitrogens with zero attached hydrogens (tertiary/aromatic N) is 1. The van der Waals surface area contributed by atoms with Crippen molar-refractivity contribution in [1.29, 1.82) is 0 Å². The molecule has 1 aliphatic heterocycles. The summed E-state index contributed by atoms with van der Waals surface area (Å²) in [4.78, 5) is 39.2. The highest BCUT2D eigenvalue weighted by atomic mass is 16.2. The maximum Gasteiger partial charge on any atom is 0.262 e. The van der Waals surface area contributed by atoms with Crippen molar-refractivity contribution in [2.45, 2.75) is 51.0 Å². The van der Waals surface area contributed by atoms with E-state index in [4.69, 9.17) is 5.73 Å². The van der Waals surface area contributed by atoms with E-state index in [1.807, 2.05) is 0 Å². The molecule has 1 aromatic carbocycles. The second kappa shape index (κ2) is 5.80. The smallest absolute Gasteiger partial charge is 0.262 e. The summed E-state index contributed by atoms with van der Waals surface area (Å²) >= 11 is 0. The Kier molecular flexibility index (Phi) is 3.96. The van der Waals surface area contributed by atoms with E-state index in [0.717, 1.165) is 32.1 Å². The van der Waals surface area contributed by atoms with E-state index < -0.39 is 11.4 Å². The van der Waals surface area contributed by atoms with E-state index in [2.05, 4.69) is 6.92 Å².